The molecule has 8 heteroatoms. The van der Waals surface area contributed by atoms with Gasteiger partial charge in [-0.25, -0.2) is 8.78 Å². The van der Waals surface area contributed by atoms with Crippen LogP contribution in [0.3, 0.4) is 0 Å². The quantitative estimate of drug-likeness (QED) is 0.386. The highest BCUT2D eigenvalue weighted by Gasteiger charge is 2.35. The Morgan fingerprint density at radius 1 is 0.968 bits per heavy atom. The van der Waals surface area contributed by atoms with Gasteiger partial charge in [0.2, 0.25) is 0 Å². The van der Waals surface area contributed by atoms with E-state index in [4.69, 9.17) is 0 Å². The minimum Gasteiger partial charge on any atom is -0.429 e. The Hall–Kier alpha value is -2.38. The van der Waals surface area contributed by atoms with E-state index in [1.165, 1.54) is 18.6 Å². The maximum atomic E-state index is 14.5. The molecule has 3 rings (SSSR count). The van der Waals surface area contributed by atoms with Crippen molar-refractivity contribution in [3.05, 3.63) is 59.2 Å². The summed E-state index contributed by atoms with van der Waals surface area (Å²) in [5.74, 6) is -4.29. The topological polar surface area (TPSA) is 18.5 Å². The molecule has 2 nitrogen and oxygen atoms in total. The van der Waals surface area contributed by atoms with Crippen molar-refractivity contribution in [3.63, 3.8) is 0 Å². The molecule has 0 amide bonds. The number of benzene rings is 2. The van der Waals surface area contributed by atoms with E-state index in [1.807, 2.05) is 0 Å². The fourth-order valence-corrected chi connectivity index (χ4v) is 4.15. The van der Waals surface area contributed by atoms with Crippen LogP contribution in [0, 0.1) is 17.6 Å². The van der Waals surface area contributed by atoms with Gasteiger partial charge in [0.25, 0.3) is 0 Å². The van der Waals surface area contributed by atoms with Gasteiger partial charge in [0, 0.05) is 12.1 Å². The zero-order chi connectivity index (χ0) is 22.6. The van der Waals surface area contributed by atoms with Gasteiger partial charge < -0.3 is 9.47 Å². The third-order valence-corrected chi connectivity index (χ3v) is 5.69. The minimum absolute atomic E-state index is 0.322. The molecule has 2 aromatic carbocycles. The Kier molecular flexibility index (Phi) is 7.38. The molecule has 0 heterocycles. The van der Waals surface area contributed by atoms with Crippen molar-refractivity contribution in [3.8, 4) is 11.5 Å². The molecular formula is C23H24F6O2. The lowest BCUT2D eigenvalue weighted by molar-refractivity contribution is -0.185. The molecule has 0 unspecified atom stereocenters. The third-order valence-electron chi connectivity index (χ3n) is 5.69. The van der Waals surface area contributed by atoms with E-state index < -0.39 is 41.4 Å². The standard InChI is InChI=1S/C23H24F6O2/c1-2-3-14-4-6-15(7-5-14)16-8-10-17(11-9-16)23(28,29)31-18-12-19(24)21(20(25)13-18)30-22(26)27/h8-15,22H,2-7H2,1H3/t14-,15-. The average Bonchev–Trinajstić information content (AvgIpc) is 2.71. The van der Waals surface area contributed by atoms with Crippen LogP contribution < -0.4 is 9.47 Å². The predicted octanol–water partition coefficient (Wildman–Crippen LogP) is 7.77. The fraction of sp³-hybridized carbons (Fsp3) is 0.478. The van der Waals surface area contributed by atoms with Crippen LogP contribution in [0.1, 0.15) is 62.5 Å². The molecule has 170 valence electrons. The van der Waals surface area contributed by atoms with Gasteiger partial charge >= 0.3 is 12.7 Å². The largest absolute Gasteiger partial charge is 0.429 e. The molecule has 0 spiro atoms. The van der Waals surface area contributed by atoms with E-state index in [-0.39, 0.29) is 0 Å². The molecule has 1 saturated carbocycles. The molecule has 1 fully saturated rings. The first-order chi connectivity index (χ1) is 14.7. The van der Waals surface area contributed by atoms with Crippen LogP contribution >= 0.6 is 0 Å². The van der Waals surface area contributed by atoms with Crippen LogP contribution in [0.4, 0.5) is 26.3 Å². The molecule has 0 saturated heterocycles. The average molecular weight is 446 g/mol. The fourth-order valence-electron chi connectivity index (χ4n) is 4.15. The number of halogens is 6. The molecule has 0 N–H and O–H groups in total. The summed E-state index contributed by atoms with van der Waals surface area (Å²) in [7, 11) is 0. The van der Waals surface area contributed by atoms with Crippen molar-refractivity contribution >= 4 is 0 Å². The lowest BCUT2D eigenvalue weighted by Crippen LogP contribution is -2.22. The molecule has 0 radical (unpaired) electrons. The van der Waals surface area contributed by atoms with E-state index in [2.05, 4.69) is 16.4 Å². The Morgan fingerprint density at radius 2 is 1.55 bits per heavy atom. The molecule has 0 bridgehead atoms. The summed E-state index contributed by atoms with van der Waals surface area (Å²) in [5, 5.41) is 0. The molecule has 1 aliphatic carbocycles. The van der Waals surface area contributed by atoms with Crippen molar-refractivity contribution in [1.29, 1.82) is 0 Å². The van der Waals surface area contributed by atoms with Crippen LogP contribution in [0.25, 0.3) is 0 Å². The number of hydrogen-bond donors (Lipinski definition) is 0. The van der Waals surface area contributed by atoms with Gasteiger partial charge in [-0.15, -0.1) is 0 Å². The van der Waals surface area contributed by atoms with Crippen molar-refractivity contribution in [2.24, 2.45) is 5.92 Å². The van der Waals surface area contributed by atoms with Gasteiger partial charge in [-0.2, -0.15) is 17.6 Å². The maximum Gasteiger partial charge on any atom is 0.426 e. The van der Waals surface area contributed by atoms with Gasteiger partial charge in [-0.1, -0.05) is 31.9 Å². The van der Waals surface area contributed by atoms with Crippen molar-refractivity contribution in [2.75, 3.05) is 0 Å². The highest BCUT2D eigenvalue weighted by Crippen LogP contribution is 2.39. The van der Waals surface area contributed by atoms with E-state index in [0.29, 0.717) is 18.1 Å². The number of rotatable bonds is 8. The summed E-state index contributed by atoms with van der Waals surface area (Å²) < 4.78 is 89.1. The lowest BCUT2D eigenvalue weighted by Gasteiger charge is -2.29. The van der Waals surface area contributed by atoms with Crippen LogP contribution in [-0.4, -0.2) is 6.61 Å². The second-order valence-corrected chi connectivity index (χ2v) is 7.84. The van der Waals surface area contributed by atoms with Gasteiger partial charge in [-0.3, -0.25) is 0 Å². The molecule has 1 aliphatic rings. The number of ether oxygens (including phenoxy) is 2. The summed E-state index contributed by atoms with van der Waals surface area (Å²) in [6.45, 7) is -1.29. The monoisotopic (exact) mass is 446 g/mol. The minimum atomic E-state index is -3.87. The molecule has 31 heavy (non-hydrogen) atoms. The molecule has 0 atom stereocenters. The summed E-state index contributed by atoms with van der Waals surface area (Å²) in [4.78, 5) is 0. The second kappa shape index (κ2) is 9.83. The Morgan fingerprint density at radius 3 is 2.06 bits per heavy atom. The summed E-state index contributed by atoms with van der Waals surface area (Å²) in [6, 6.07) is 6.45. The SMILES string of the molecule is CCC[C@H]1CC[C@H](c2ccc(C(F)(F)Oc3cc(F)c(OC(F)F)c(F)c3)cc2)CC1. The van der Waals surface area contributed by atoms with E-state index >= 15 is 0 Å². The first-order valence-corrected chi connectivity index (χ1v) is 10.3. The maximum absolute atomic E-state index is 14.5. The Balaban J connectivity index is 1.68. The number of alkyl halides is 4. The molecule has 2 aromatic rings. The first-order valence-electron chi connectivity index (χ1n) is 10.3. The smallest absolute Gasteiger partial charge is 0.426 e. The second-order valence-electron chi connectivity index (χ2n) is 7.84. The van der Waals surface area contributed by atoms with Crippen molar-refractivity contribution < 1.29 is 35.8 Å². The lowest BCUT2D eigenvalue weighted by atomic mass is 9.77. The van der Waals surface area contributed by atoms with Crippen LogP contribution in [0.15, 0.2) is 36.4 Å². The van der Waals surface area contributed by atoms with Gasteiger partial charge in [0.15, 0.2) is 17.4 Å². The Bertz CT molecular complexity index is 838. The van der Waals surface area contributed by atoms with Crippen molar-refractivity contribution in [2.45, 2.75) is 64.1 Å². The van der Waals surface area contributed by atoms with E-state index in [1.54, 1.807) is 12.1 Å². The normalized spacial score (nSPS) is 19.5. The summed E-state index contributed by atoms with van der Waals surface area (Å²) in [6.07, 6.45) is 2.79. The highest BCUT2D eigenvalue weighted by molar-refractivity contribution is 5.36. The van der Waals surface area contributed by atoms with Crippen LogP contribution in [0.2, 0.25) is 0 Å². The van der Waals surface area contributed by atoms with Crippen molar-refractivity contribution in [1.82, 2.24) is 0 Å². The van der Waals surface area contributed by atoms with E-state index in [0.717, 1.165) is 43.6 Å². The van der Waals surface area contributed by atoms with E-state index in [9.17, 15) is 26.3 Å². The Labute approximate surface area is 177 Å². The highest BCUT2D eigenvalue weighted by atomic mass is 19.3. The molecule has 0 aliphatic heterocycles. The molecular weight excluding hydrogens is 422 g/mol. The van der Waals surface area contributed by atoms with Crippen LogP contribution in [-0.2, 0) is 6.11 Å². The zero-order valence-electron chi connectivity index (χ0n) is 17.0. The summed E-state index contributed by atoms with van der Waals surface area (Å²) >= 11 is 0. The molecule has 0 aromatic heterocycles. The predicted molar refractivity (Wildman–Crippen MR) is 104 cm³/mol. The van der Waals surface area contributed by atoms with Gasteiger partial charge in [0.1, 0.15) is 5.75 Å². The number of hydrogen-bond acceptors (Lipinski definition) is 2. The van der Waals surface area contributed by atoms with Gasteiger partial charge in [0.05, 0.1) is 5.56 Å². The zero-order valence-corrected chi connectivity index (χ0v) is 17.0. The first kappa shape index (κ1) is 23.3. The third kappa shape index (κ3) is 5.86. The van der Waals surface area contributed by atoms with Crippen LogP contribution in [0.5, 0.6) is 11.5 Å². The summed E-state index contributed by atoms with van der Waals surface area (Å²) in [5.41, 5.74) is 0.490. The van der Waals surface area contributed by atoms with Gasteiger partial charge in [-0.05, 0) is 55.2 Å².